The maximum absolute atomic E-state index is 5.61. The molecule has 6 heteroatoms. The fourth-order valence-corrected chi connectivity index (χ4v) is 14.9. The Labute approximate surface area is 421 Å². The summed E-state index contributed by atoms with van der Waals surface area (Å²) in [4.78, 5) is 28.2. The molecule has 6 atom stereocenters. The minimum absolute atomic E-state index is 0.101. The van der Waals surface area contributed by atoms with Gasteiger partial charge in [0.25, 0.3) is 0 Å². The molecule has 0 N–H and O–H groups in total. The molecule has 9 aromatic rings. The van der Waals surface area contributed by atoms with E-state index in [1.54, 1.807) is 0 Å². The van der Waals surface area contributed by atoms with Gasteiger partial charge in [0.2, 0.25) is 0 Å². The summed E-state index contributed by atoms with van der Waals surface area (Å²) in [6.07, 6.45) is 23.1. The maximum atomic E-state index is 5.61. The van der Waals surface area contributed by atoms with E-state index in [4.69, 9.17) is 20.0 Å². The molecular formula is C66H60N6. The van der Waals surface area contributed by atoms with Crippen LogP contribution in [0.2, 0.25) is 0 Å². The van der Waals surface area contributed by atoms with Crippen molar-refractivity contribution < 1.29 is 0 Å². The van der Waals surface area contributed by atoms with Crippen molar-refractivity contribution in [1.82, 2.24) is 9.80 Å². The Hall–Kier alpha value is -6.86. The van der Waals surface area contributed by atoms with E-state index in [-0.39, 0.29) is 36.5 Å². The highest BCUT2D eigenvalue weighted by molar-refractivity contribution is 6.22. The van der Waals surface area contributed by atoms with Gasteiger partial charge < -0.3 is 0 Å². The molecule has 0 amide bonds. The minimum atomic E-state index is 0.101. The molecule has 9 aromatic carbocycles. The van der Waals surface area contributed by atoms with Crippen molar-refractivity contribution in [3.63, 3.8) is 0 Å². The lowest BCUT2D eigenvalue weighted by molar-refractivity contribution is -0.119. The van der Waals surface area contributed by atoms with Gasteiger partial charge in [-0.3, -0.25) is 29.8 Å². The smallest absolute Gasteiger partial charge is 0.0934 e. The van der Waals surface area contributed by atoms with Crippen molar-refractivity contribution >= 4 is 89.5 Å². The van der Waals surface area contributed by atoms with E-state index in [1.807, 2.05) is 0 Å². The third-order valence-corrected chi connectivity index (χ3v) is 18.1. The standard InChI is InChI=1S/C66H60N6/c1-2-20-42-41(19-1)53-37-67-57-31-13-15-33-59(57)69-39-55-45-23-5-9-27-49(45)63(50-28-10-6-24-46(50)55)65-71-61-35-17-18-36-62(61)72(65)66(71)64-51-29-11-7-25-47(51)56(48-26-8-12-30-52(48)64)40-70-60-34-16-14-32-58(60)68-38-54(42)44-22-4-3-21-43(44)53/h1-12,19-30,37-40,57-62,65-66H,13-18,31-36H2/t57-,58-,59-,60-,61-,62-,65?,66?/m1/s1. The summed E-state index contributed by atoms with van der Waals surface area (Å²) in [5, 5.41) is 15.4. The third kappa shape index (κ3) is 6.60. The molecule has 18 rings (SSSR count). The van der Waals surface area contributed by atoms with Gasteiger partial charge in [0, 0.05) is 59.2 Å². The number of rotatable bonds is 0. The largest absolute Gasteiger partial charge is 0.287 e. The Morgan fingerprint density at radius 2 is 0.472 bits per heavy atom. The molecule has 0 aromatic heterocycles. The van der Waals surface area contributed by atoms with Crippen molar-refractivity contribution in [3.8, 4) is 0 Å². The van der Waals surface area contributed by atoms with Crippen LogP contribution in [-0.4, -0.2) is 70.9 Å². The average Bonchev–Trinajstić information content (AvgIpc) is 3.96. The molecule has 3 saturated carbocycles. The Balaban J connectivity index is 0.974. The first-order chi connectivity index (χ1) is 35.8. The van der Waals surface area contributed by atoms with Crippen LogP contribution in [0.5, 0.6) is 0 Å². The first-order valence-corrected chi connectivity index (χ1v) is 27.3. The molecule has 3 aliphatic carbocycles. The van der Waals surface area contributed by atoms with E-state index in [2.05, 4.69) is 180 Å². The van der Waals surface area contributed by atoms with Gasteiger partial charge in [-0.05, 0) is 114 Å². The topological polar surface area (TPSA) is 55.9 Å². The van der Waals surface area contributed by atoms with Crippen molar-refractivity contribution in [1.29, 1.82) is 0 Å². The van der Waals surface area contributed by atoms with Crippen LogP contribution in [0.15, 0.2) is 166 Å². The second kappa shape index (κ2) is 17.4. The minimum Gasteiger partial charge on any atom is -0.287 e. The summed E-state index contributed by atoms with van der Waals surface area (Å²) in [5.74, 6) is 0. The lowest BCUT2D eigenvalue weighted by Crippen LogP contribution is -2.52. The number of benzene rings is 9. The van der Waals surface area contributed by atoms with E-state index < -0.39 is 0 Å². The van der Waals surface area contributed by atoms with Crippen LogP contribution in [0, 0.1) is 0 Å². The number of hydrogen-bond acceptors (Lipinski definition) is 6. The molecule has 72 heavy (non-hydrogen) atoms. The molecule has 0 spiro atoms. The van der Waals surface area contributed by atoms with Crippen LogP contribution >= 0.6 is 0 Å². The number of hydrogen-bond donors (Lipinski definition) is 0. The Morgan fingerprint density at radius 1 is 0.264 bits per heavy atom. The van der Waals surface area contributed by atoms with Gasteiger partial charge in [-0.2, -0.15) is 0 Å². The maximum Gasteiger partial charge on any atom is 0.0934 e. The van der Waals surface area contributed by atoms with E-state index in [9.17, 15) is 0 Å². The van der Waals surface area contributed by atoms with Gasteiger partial charge >= 0.3 is 0 Å². The van der Waals surface area contributed by atoms with Crippen LogP contribution in [0.25, 0.3) is 64.6 Å². The van der Waals surface area contributed by atoms with E-state index in [0.29, 0.717) is 12.1 Å². The molecule has 354 valence electrons. The third-order valence-electron chi connectivity index (χ3n) is 18.1. The highest BCUT2D eigenvalue weighted by Gasteiger charge is 2.64. The van der Waals surface area contributed by atoms with Gasteiger partial charge in [0.15, 0.2) is 0 Å². The first-order valence-electron chi connectivity index (χ1n) is 27.3. The highest BCUT2D eigenvalue weighted by Crippen LogP contribution is 2.64. The van der Waals surface area contributed by atoms with Crippen molar-refractivity contribution in [2.45, 2.75) is 126 Å². The molecule has 9 aliphatic rings. The van der Waals surface area contributed by atoms with E-state index in [1.165, 1.54) is 149 Å². The molecule has 6 heterocycles. The fourth-order valence-electron chi connectivity index (χ4n) is 14.9. The van der Waals surface area contributed by atoms with Gasteiger partial charge in [-0.15, -0.1) is 0 Å². The zero-order valence-electron chi connectivity index (χ0n) is 41.0. The van der Waals surface area contributed by atoms with Crippen LogP contribution in [-0.2, 0) is 0 Å². The number of aliphatic imine (C=N–C) groups is 4. The quantitative estimate of drug-likeness (QED) is 0.142. The van der Waals surface area contributed by atoms with Gasteiger partial charge in [0.1, 0.15) is 0 Å². The summed E-state index contributed by atoms with van der Waals surface area (Å²) in [5.41, 5.74) is 7.72. The molecule has 6 aliphatic heterocycles. The van der Waals surface area contributed by atoms with Gasteiger partial charge in [-0.25, -0.2) is 0 Å². The zero-order valence-corrected chi connectivity index (χ0v) is 41.0. The number of nitrogens with zero attached hydrogens (tertiary/aromatic N) is 6. The lowest BCUT2D eigenvalue weighted by atomic mass is 9.85. The zero-order chi connectivity index (χ0) is 47.3. The fraction of sp³-hybridized carbons (Fsp3) is 0.303. The molecule has 0 radical (unpaired) electrons. The Morgan fingerprint density at radius 3 is 0.722 bits per heavy atom. The Kier molecular flexibility index (Phi) is 10.4. The van der Waals surface area contributed by atoms with Crippen LogP contribution < -0.4 is 0 Å². The molecule has 10 bridgehead atoms. The average molecular weight is 937 g/mol. The summed E-state index contributed by atoms with van der Waals surface area (Å²) in [6.45, 7) is 0. The lowest BCUT2D eigenvalue weighted by Gasteiger charge is -2.53. The summed E-state index contributed by atoms with van der Waals surface area (Å²) in [6, 6.07) is 56.2. The first kappa shape index (κ1) is 42.8. The molecule has 6 nitrogen and oxygen atoms in total. The van der Waals surface area contributed by atoms with Crippen LogP contribution in [0.3, 0.4) is 0 Å². The normalized spacial score (nSPS) is 27.9. The summed E-state index contributed by atoms with van der Waals surface area (Å²) >= 11 is 0. The van der Waals surface area contributed by atoms with Crippen molar-refractivity contribution in [2.24, 2.45) is 20.0 Å². The molecule has 6 fully saturated rings. The number of fused-ring (bicyclic) bond motifs is 1. The predicted octanol–water partition coefficient (Wildman–Crippen LogP) is 15.3. The second-order valence-electron chi connectivity index (χ2n) is 21.8. The van der Waals surface area contributed by atoms with Crippen LogP contribution in [0.4, 0.5) is 0 Å². The molecule has 3 saturated heterocycles. The SMILES string of the molecule is C1=N[C@@H]2CCCC[C@H]2N=Cc2c3ccccc3c(c3ccccc23)C2N3C(c4c5ccccc5c(c5ccccc45)C=N[C@@H]4CCCC[C@H]4N=Cc4c5ccccc5c1c1ccccc41)N2[C@@H]1CCCC[C@H]13. The highest BCUT2D eigenvalue weighted by atomic mass is 15.6. The van der Waals surface area contributed by atoms with Gasteiger partial charge in [-0.1, -0.05) is 184 Å². The molecular weight excluding hydrogens is 877 g/mol. The van der Waals surface area contributed by atoms with Crippen LogP contribution in [0.1, 0.15) is 123 Å². The Bertz CT molecular complexity index is 3350. The predicted molar refractivity (Wildman–Crippen MR) is 302 cm³/mol. The van der Waals surface area contributed by atoms with E-state index >= 15 is 0 Å². The molecule has 0 unspecified atom stereocenters. The summed E-state index contributed by atoms with van der Waals surface area (Å²) in [7, 11) is 0. The van der Waals surface area contributed by atoms with E-state index in [0.717, 1.165) is 25.7 Å². The van der Waals surface area contributed by atoms with Crippen molar-refractivity contribution in [3.05, 3.63) is 179 Å². The van der Waals surface area contributed by atoms with Crippen molar-refractivity contribution in [2.75, 3.05) is 0 Å². The van der Waals surface area contributed by atoms with Gasteiger partial charge in [0.05, 0.1) is 36.5 Å². The second-order valence-corrected chi connectivity index (χ2v) is 21.8. The monoisotopic (exact) mass is 936 g/mol. The summed E-state index contributed by atoms with van der Waals surface area (Å²) < 4.78 is 0.